The summed E-state index contributed by atoms with van der Waals surface area (Å²) in [4.78, 5) is 11.8. The molecule has 0 radical (unpaired) electrons. The van der Waals surface area contributed by atoms with E-state index >= 15 is 0 Å². The molecule has 0 unspecified atom stereocenters. The summed E-state index contributed by atoms with van der Waals surface area (Å²) in [6.07, 6.45) is 2.67. The molecule has 0 amide bonds. The number of carbonyl (C=O) groups is 1. The molecule has 4 heteroatoms. The molecule has 1 aromatic heterocycles. The minimum absolute atomic E-state index is 0.137. The van der Waals surface area contributed by atoms with Crippen molar-refractivity contribution in [1.82, 2.24) is 0 Å². The van der Waals surface area contributed by atoms with Crippen molar-refractivity contribution >= 4 is 17.4 Å². The molecule has 1 heterocycles. The Morgan fingerprint density at radius 1 is 1.33 bits per heavy atom. The van der Waals surface area contributed by atoms with Crippen LogP contribution in [0.5, 0.6) is 0 Å². The Hall–Kier alpha value is -1.61. The molecular formula is C11H6ClFO2. The van der Waals surface area contributed by atoms with Gasteiger partial charge in [-0.25, -0.2) is 4.39 Å². The fourth-order valence-electron chi connectivity index (χ4n) is 1.22. The van der Waals surface area contributed by atoms with E-state index in [-0.39, 0.29) is 16.4 Å². The predicted octanol–water partition coefficient (Wildman–Crippen LogP) is 3.30. The van der Waals surface area contributed by atoms with Crippen molar-refractivity contribution in [1.29, 1.82) is 0 Å². The summed E-state index contributed by atoms with van der Waals surface area (Å²) >= 11 is 5.79. The maximum Gasteiger partial charge on any atom is 0.197 e. The van der Waals surface area contributed by atoms with Gasteiger partial charge < -0.3 is 4.42 Å². The lowest BCUT2D eigenvalue weighted by Crippen LogP contribution is -2.01. The molecule has 0 fully saturated rings. The van der Waals surface area contributed by atoms with E-state index in [1.165, 1.54) is 30.7 Å². The Bertz CT molecular complexity index is 491. The number of hydrogen-bond acceptors (Lipinski definition) is 2. The number of rotatable bonds is 2. The minimum atomic E-state index is -0.494. The average Bonchev–Trinajstić information content (AvgIpc) is 2.74. The smallest absolute Gasteiger partial charge is 0.197 e. The predicted molar refractivity (Wildman–Crippen MR) is 53.6 cm³/mol. The normalized spacial score (nSPS) is 10.3. The molecular weight excluding hydrogens is 219 g/mol. The van der Waals surface area contributed by atoms with Gasteiger partial charge in [0.1, 0.15) is 12.1 Å². The van der Waals surface area contributed by atoms with Gasteiger partial charge >= 0.3 is 0 Å². The first-order chi connectivity index (χ1) is 7.18. The van der Waals surface area contributed by atoms with E-state index in [2.05, 4.69) is 0 Å². The first-order valence-corrected chi connectivity index (χ1v) is 4.58. The zero-order valence-electron chi connectivity index (χ0n) is 7.54. The second kappa shape index (κ2) is 3.87. The van der Waals surface area contributed by atoms with Crippen LogP contribution in [0.25, 0.3) is 0 Å². The van der Waals surface area contributed by atoms with Gasteiger partial charge in [-0.3, -0.25) is 4.79 Å². The summed E-state index contributed by atoms with van der Waals surface area (Å²) in [5.74, 6) is -0.848. The van der Waals surface area contributed by atoms with E-state index in [1.807, 2.05) is 0 Å². The van der Waals surface area contributed by atoms with E-state index < -0.39 is 5.82 Å². The van der Waals surface area contributed by atoms with Gasteiger partial charge in [0.25, 0.3) is 0 Å². The quantitative estimate of drug-likeness (QED) is 0.733. The van der Waals surface area contributed by atoms with Crippen LogP contribution in [0.1, 0.15) is 15.9 Å². The van der Waals surface area contributed by atoms with Crippen LogP contribution >= 0.6 is 11.6 Å². The molecule has 0 spiro atoms. The molecule has 1 aromatic carbocycles. The third-order valence-corrected chi connectivity index (χ3v) is 2.29. The van der Waals surface area contributed by atoms with Crippen LogP contribution in [-0.2, 0) is 0 Å². The van der Waals surface area contributed by atoms with Gasteiger partial charge in [0.2, 0.25) is 0 Å². The molecule has 0 atom stereocenters. The van der Waals surface area contributed by atoms with Gasteiger partial charge in [0.15, 0.2) is 5.78 Å². The highest BCUT2D eigenvalue weighted by atomic mass is 35.5. The Balaban J connectivity index is 2.46. The van der Waals surface area contributed by atoms with Gasteiger partial charge in [-0.15, -0.1) is 0 Å². The van der Waals surface area contributed by atoms with Gasteiger partial charge in [-0.2, -0.15) is 0 Å². The van der Waals surface area contributed by atoms with Crippen molar-refractivity contribution in [3.05, 3.63) is 58.8 Å². The molecule has 0 aliphatic heterocycles. The first kappa shape index (κ1) is 9.93. The van der Waals surface area contributed by atoms with Crippen LogP contribution in [0.2, 0.25) is 5.02 Å². The molecule has 76 valence electrons. The lowest BCUT2D eigenvalue weighted by atomic mass is 10.1. The summed E-state index contributed by atoms with van der Waals surface area (Å²) in [7, 11) is 0. The number of furan rings is 1. The highest BCUT2D eigenvalue weighted by Crippen LogP contribution is 2.20. The van der Waals surface area contributed by atoms with Crippen LogP contribution in [0.15, 0.2) is 41.2 Å². The first-order valence-electron chi connectivity index (χ1n) is 4.20. The second-order valence-corrected chi connectivity index (χ2v) is 3.37. The summed E-state index contributed by atoms with van der Waals surface area (Å²) in [6, 6.07) is 5.17. The fourth-order valence-corrected chi connectivity index (χ4v) is 1.42. The van der Waals surface area contributed by atoms with E-state index in [0.29, 0.717) is 5.56 Å². The fraction of sp³-hybridized carbons (Fsp3) is 0. The molecule has 0 N–H and O–H groups in total. The number of benzene rings is 1. The Kier molecular flexibility index (Phi) is 2.56. The van der Waals surface area contributed by atoms with Crippen LogP contribution < -0.4 is 0 Å². The lowest BCUT2D eigenvalue weighted by molar-refractivity contribution is 0.103. The standard InChI is InChI=1S/C11H6ClFO2/c12-10-2-1-8(13)5-9(10)11(14)7-3-4-15-6-7/h1-6H. The molecule has 0 saturated heterocycles. The van der Waals surface area contributed by atoms with Crippen molar-refractivity contribution in [2.75, 3.05) is 0 Å². The zero-order chi connectivity index (χ0) is 10.8. The van der Waals surface area contributed by atoms with Crippen molar-refractivity contribution in [2.24, 2.45) is 0 Å². The maximum absolute atomic E-state index is 12.9. The molecule has 0 aliphatic rings. The number of hydrogen-bond donors (Lipinski definition) is 0. The van der Waals surface area contributed by atoms with E-state index in [9.17, 15) is 9.18 Å². The molecule has 2 rings (SSSR count). The maximum atomic E-state index is 12.9. The van der Waals surface area contributed by atoms with Gasteiger partial charge in [0.05, 0.1) is 16.8 Å². The Labute approximate surface area is 90.3 Å². The molecule has 2 nitrogen and oxygen atoms in total. The highest BCUT2D eigenvalue weighted by molar-refractivity contribution is 6.34. The van der Waals surface area contributed by atoms with Crippen molar-refractivity contribution in [3.8, 4) is 0 Å². The summed E-state index contributed by atoms with van der Waals surface area (Å²) < 4.78 is 17.7. The third kappa shape index (κ3) is 1.92. The summed E-state index contributed by atoms with van der Waals surface area (Å²) in [5.41, 5.74) is 0.487. The Morgan fingerprint density at radius 3 is 2.80 bits per heavy atom. The summed E-state index contributed by atoms with van der Waals surface area (Å²) in [5, 5.41) is 0.225. The monoisotopic (exact) mass is 224 g/mol. The van der Waals surface area contributed by atoms with Crippen LogP contribution in [0.4, 0.5) is 4.39 Å². The third-order valence-electron chi connectivity index (χ3n) is 1.96. The number of halogens is 2. The zero-order valence-corrected chi connectivity index (χ0v) is 8.29. The molecule has 0 saturated carbocycles. The van der Waals surface area contributed by atoms with Crippen LogP contribution in [0.3, 0.4) is 0 Å². The van der Waals surface area contributed by atoms with E-state index in [0.717, 1.165) is 6.07 Å². The van der Waals surface area contributed by atoms with E-state index in [4.69, 9.17) is 16.0 Å². The van der Waals surface area contributed by atoms with E-state index in [1.54, 1.807) is 0 Å². The van der Waals surface area contributed by atoms with Crippen LogP contribution in [-0.4, -0.2) is 5.78 Å². The molecule has 2 aromatic rings. The molecule has 0 bridgehead atoms. The van der Waals surface area contributed by atoms with Gasteiger partial charge in [-0.1, -0.05) is 11.6 Å². The topological polar surface area (TPSA) is 30.2 Å². The van der Waals surface area contributed by atoms with Crippen LogP contribution in [0, 0.1) is 5.82 Å². The molecule has 15 heavy (non-hydrogen) atoms. The second-order valence-electron chi connectivity index (χ2n) is 2.97. The summed E-state index contributed by atoms with van der Waals surface area (Å²) in [6.45, 7) is 0. The number of ketones is 1. The highest BCUT2D eigenvalue weighted by Gasteiger charge is 2.14. The van der Waals surface area contributed by atoms with Gasteiger partial charge in [0, 0.05) is 5.56 Å². The van der Waals surface area contributed by atoms with Crippen molar-refractivity contribution in [3.63, 3.8) is 0 Å². The SMILES string of the molecule is O=C(c1ccoc1)c1cc(F)ccc1Cl. The Morgan fingerprint density at radius 2 is 2.13 bits per heavy atom. The minimum Gasteiger partial charge on any atom is -0.472 e. The largest absolute Gasteiger partial charge is 0.472 e. The average molecular weight is 225 g/mol. The van der Waals surface area contributed by atoms with Gasteiger partial charge in [-0.05, 0) is 24.3 Å². The van der Waals surface area contributed by atoms with Crippen molar-refractivity contribution < 1.29 is 13.6 Å². The lowest BCUT2D eigenvalue weighted by Gasteiger charge is -2.00. The number of carbonyl (C=O) groups excluding carboxylic acids is 1. The molecule has 0 aliphatic carbocycles. The van der Waals surface area contributed by atoms with Crippen molar-refractivity contribution in [2.45, 2.75) is 0 Å².